The van der Waals surface area contributed by atoms with Crippen molar-refractivity contribution in [3.05, 3.63) is 30.3 Å². The van der Waals surface area contributed by atoms with Crippen LogP contribution in [-0.2, 0) is 19.6 Å². The van der Waals surface area contributed by atoms with E-state index in [-0.39, 0.29) is 12.0 Å². The molecule has 126 valence electrons. The van der Waals surface area contributed by atoms with E-state index in [1.54, 1.807) is 30.3 Å². The van der Waals surface area contributed by atoms with Crippen molar-refractivity contribution in [3.8, 4) is 0 Å². The summed E-state index contributed by atoms with van der Waals surface area (Å²) in [6.07, 6.45) is 1.95. The summed E-state index contributed by atoms with van der Waals surface area (Å²) in [5.74, 6) is -0.668. The van der Waals surface area contributed by atoms with Crippen molar-refractivity contribution in [1.82, 2.24) is 4.31 Å². The minimum absolute atomic E-state index is 0.0577. The quantitative estimate of drug-likeness (QED) is 0.903. The maximum atomic E-state index is 12.6. The smallest absolute Gasteiger partial charge is 0.332 e. The van der Waals surface area contributed by atoms with Crippen LogP contribution in [0.1, 0.15) is 25.7 Å². The molecule has 2 aliphatic heterocycles. The van der Waals surface area contributed by atoms with Crippen LogP contribution in [0.15, 0.2) is 35.2 Å². The largest absolute Gasteiger partial charge is 0.479 e. The van der Waals surface area contributed by atoms with Gasteiger partial charge in [0.1, 0.15) is 0 Å². The lowest BCUT2D eigenvalue weighted by atomic mass is 9.90. The van der Waals surface area contributed by atoms with Crippen molar-refractivity contribution in [2.45, 2.75) is 42.8 Å². The molecule has 0 aromatic heterocycles. The van der Waals surface area contributed by atoms with Gasteiger partial charge in [-0.1, -0.05) is 18.2 Å². The summed E-state index contributed by atoms with van der Waals surface area (Å²) in [7, 11) is -3.43. The van der Waals surface area contributed by atoms with Gasteiger partial charge in [-0.3, -0.25) is 0 Å². The summed E-state index contributed by atoms with van der Waals surface area (Å²) >= 11 is 0. The standard InChI is InChI=1S/C16H21NO5S/c18-16(19)15-7-6-14(22-15)12-8-10-17(11-9-12)23(20,21)13-4-2-1-3-5-13/h1-5,12,14-15H,6-11H2,(H,18,19)/t14-,15+/m0/s1. The van der Waals surface area contributed by atoms with Gasteiger partial charge in [-0.2, -0.15) is 4.31 Å². The van der Waals surface area contributed by atoms with Gasteiger partial charge in [0.15, 0.2) is 6.10 Å². The van der Waals surface area contributed by atoms with Crippen molar-refractivity contribution in [3.63, 3.8) is 0 Å². The Morgan fingerprint density at radius 3 is 2.30 bits per heavy atom. The maximum Gasteiger partial charge on any atom is 0.332 e. The number of carbonyl (C=O) groups is 1. The number of rotatable bonds is 4. The first-order valence-electron chi connectivity index (χ1n) is 7.92. The molecule has 1 N–H and O–H groups in total. The highest BCUT2D eigenvalue weighted by molar-refractivity contribution is 7.89. The Hall–Kier alpha value is -1.44. The molecular formula is C16H21NO5S. The summed E-state index contributed by atoms with van der Waals surface area (Å²) < 4.78 is 32.3. The second kappa shape index (κ2) is 6.59. The highest BCUT2D eigenvalue weighted by atomic mass is 32.2. The molecule has 2 saturated heterocycles. The van der Waals surface area contributed by atoms with Crippen LogP contribution >= 0.6 is 0 Å². The Bertz CT molecular complexity index is 652. The number of hydrogen-bond donors (Lipinski definition) is 1. The molecular weight excluding hydrogens is 318 g/mol. The Kier molecular flexibility index (Phi) is 4.70. The van der Waals surface area contributed by atoms with Gasteiger partial charge in [-0.15, -0.1) is 0 Å². The van der Waals surface area contributed by atoms with E-state index in [1.165, 1.54) is 4.31 Å². The molecule has 2 fully saturated rings. The highest BCUT2D eigenvalue weighted by Gasteiger charge is 2.38. The van der Waals surface area contributed by atoms with Crippen LogP contribution in [0.4, 0.5) is 0 Å². The molecule has 1 aromatic carbocycles. The second-order valence-electron chi connectivity index (χ2n) is 6.13. The molecule has 2 atom stereocenters. The van der Waals surface area contributed by atoms with Crippen molar-refractivity contribution in [2.75, 3.05) is 13.1 Å². The summed E-state index contributed by atoms with van der Waals surface area (Å²) in [6, 6.07) is 8.45. The average Bonchev–Trinajstić information content (AvgIpc) is 3.06. The number of carboxylic acid groups (broad SMARTS) is 1. The second-order valence-corrected chi connectivity index (χ2v) is 8.07. The lowest BCUT2D eigenvalue weighted by molar-refractivity contribution is -0.150. The topological polar surface area (TPSA) is 83.9 Å². The van der Waals surface area contributed by atoms with E-state index >= 15 is 0 Å². The monoisotopic (exact) mass is 339 g/mol. The number of ether oxygens (including phenoxy) is 1. The molecule has 1 aromatic rings. The van der Waals surface area contributed by atoms with Crippen molar-refractivity contribution in [1.29, 1.82) is 0 Å². The van der Waals surface area contributed by atoms with Gasteiger partial charge in [0.2, 0.25) is 10.0 Å². The molecule has 0 amide bonds. The van der Waals surface area contributed by atoms with E-state index in [4.69, 9.17) is 9.84 Å². The predicted molar refractivity (Wildman–Crippen MR) is 83.5 cm³/mol. The summed E-state index contributed by atoms with van der Waals surface area (Å²) in [4.78, 5) is 11.3. The lowest BCUT2D eigenvalue weighted by Gasteiger charge is -2.33. The third kappa shape index (κ3) is 3.41. The Morgan fingerprint density at radius 2 is 1.74 bits per heavy atom. The molecule has 0 aliphatic carbocycles. The number of piperidine rings is 1. The van der Waals surface area contributed by atoms with Crippen molar-refractivity contribution < 1.29 is 23.1 Å². The van der Waals surface area contributed by atoms with Gasteiger partial charge in [-0.05, 0) is 43.7 Å². The number of carboxylic acids is 1. The van der Waals surface area contributed by atoms with Crippen LogP contribution in [0.3, 0.4) is 0 Å². The third-order valence-electron chi connectivity index (χ3n) is 4.73. The van der Waals surface area contributed by atoms with Crippen LogP contribution in [0.25, 0.3) is 0 Å². The minimum Gasteiger partial charge on any atom is -0.479 e. The van der Waals surface area contributed by atoms with E-state index in [2.05, 4.69) is 0 Å². The molecule has 6 nitrogen and oxygen atoms in total. The molecule has 0 radical (unpaired) electrons. The molecule has 0 saturated carbocycles. The Morgan fingerprint density at radius 1 is 1.09 bits per heavy atom. The van der Waals surface area contributed by atoms with Gasteiger partial charge < -0.3 is 9.84 Å². The number of nitrogens with zero attached hydrogens (tertiary/aromatic N) is 1. The molecule has 2 heterocycles. The maximum absolute atomic E-state index is 12.6. The zero-order valence-corrected chi connectivity index (χ0v) is 13.6. The number of hydrogen-bond acceptors (Lipinski definition) is 4. The summed E-state index contributed by atoms with van der Waals surface area (Å²) in [5, 5.41) is 8.99. The molecule has 7 heteroatoms. The third-order valence-corrected chi connectivity index (χ3v) is 6.65. The first kappa shape index (κ1) is 16.4. The summed E-state index contributed by atoms with van der Waals surface area (Å²) in [5.41, 5.74) is 0. The fourth-order valence-corrected chi connectivity index (χ4v) is 4.91. The van der Waals surface area contributed by atoms with Crippen LogP contribution in [0, 0.1) is 5.92 Å². The van der Waals surface area contributed by atoms with Crippen LogP contribution < -0.4 is 0 Å². The van der Waals surface area contributed by atoms with E-state index in [1.807, 2.05) is 0 Å². The van der Waals surface area contributed by atoms with E-state index < -0.39 is 22.1 Å². The van der Waals surface area contributed by atoms with Gasteiger partial charge in [0.05, 0.1) is 11.0 Å². The molecule has 23 heavy (non-hydrogen) atoms. The van der Waals surface area contributed by atoms with Crippen LogP contribution in [0.5, 0.6) is 0 Å². The Labute approximate surface area is 136 Å². The number of benzene rings is 1. The molecule has 3 rings (SSSR count). The Balaban J connectivity index is 1.60. The SMILES string of the molecule is O=C(O)[C@H]1CC[C@@H](C2CCN(S(=O)(=O)c3ccccc3)CC2)O1. The molecule has 0 spiro atoms. The van der Waals surface area contributed by atoms with Gasteiger partial charge >= 0.3 is 5.97 Å². The molecule has 0 unspecified atom stereocenters. The lowest BCUT2D eigenvalue weighted by Crippen LogP contribution is -2.41. The van der Waals surface area contributed by atoms with Crippen LogP contribution in [0.2, 0.25) is 0 Å². The first-order chi connectivity index (χ1) is 11.0. The fraction of sp³-hybridized carbons (Fsp3) is 0.562. The number of aliphatic carboxylic acids is 1. The highest BCUT2D eigenvalue weighted by Crippen LogP contribution is 2.33. The van der Waals surface area contributed by atoms with Crippen molar-refractivity contribution >= 4 is 16.0 Å². The molecule has 0 bridgehead atoms. The van der Waals surface area contributed by atoms with E-state index in [9.17, 15) is 13.2 Å². The van der Waals surface area contributed by atoms with Crippen LogP contribution in [-0.4, -0.2) is 49.1 Å². The zero-order valence-electron chi connectivity index (χ0n) is 12.8. The van der Waals surface area contributed by atoms with Gasteiger partial charge in [0.25, 0.3) is 0 Å². The number of sulfonamides is 1. The van der Waals surface area contributed by atoms with Gasteiger partial charge in [0, 0.05) is 13.1 Å². The van der Waals surface area contributed by atoms with E-state index in [0.29, 0.717) is 37.2 Å². The summed E-state index contributed by atoms with van der Waals surface area (Å²) in [6.45, 7) is 0.916. The first-order valence-corrected chi connectivity index (χ1v) is 9.36. The normalized spacial score (nSPS) is 27.1. The average molecular weight is 339 g/mol. The van der Waals surface area contributed by atoms with E-state index in [0.717, 1.165) is 6.42 Å². The minimum atomic E-state index is -3.43. The molecule has 2 aliphatic rings. The van der Waals surface area contributed by atoms with Gasteiger partial charge in [-0.25, -0.2) is 13.2 Å². The fourth-order valence-electron chi connectivity index (χ4n) is 3.42. The van der Waals surface area contributed by atoms with Crippen molar-refractivity contribution in [2.24, 2.45) is 5.92 Å². The zero-order chi connectivity index (χ0) is 16.4. The predicted octanol–water partition coefficient (Wildman–Crippen LogP) is 1.72.